The molecule has 0 amide bonds. The molecule has 2 heterocycles. The minimum atomic E-state index is -0.0619. The van der Waals surface area contributed by atoms with Gasteiger partial charge in [-0.3, -0.25) is 0 Å². The quantitative estimate of drug-likeness (QED) is 0.683. The Balaban J connectivity index is 2.88. The zero-order valence-electron chi connectivity index (χ0n) is 8.56. The van der Waals surface area contributed by atoms with E-state index < -0.39 is 0 Å². The second-order valence-electron chi connectivity index (χ2n) is 3.68. The highest BCUT2D eigenvalue weighted by Gasteiger charge is 2.09. The zero-order chi connectivity index (χ0) is 10.3. The van der Waals surface area contributed by atoms with E-state index in [-0.39, 0.29) is 11.7 Å². The van der Waals surface area contributed by atoms with Gasteiger partial charge in [-0.05, 0) is 32.9 Å². The normalized spacial score (nSPS) is 11.4. The molecule has 4 nitrogen and oxygen atoms in total. The minimum Gasteiger partial charge on any atom is -0.248 e. The number of aromatic nitrogens is 3. The van der Waals surface area contributed by atoms with Crippen LogP contribution < -0.4 is 5.69 Å². The molecule has 2 aromatic rings. The second kappa shape index (κ2) is 2.97. The molecule has 0 radical (unpaired) electrons. The molecule has 74 valence electrons. The monoisotopic (exact) mass is 191 g/mol. The van der Waals surface area contributed by atoms with Crippen LogP contribution in [0.4, 0.5) is 0 Å². The van der Waals surface area contributed by atoms with Gasteiger partial charge >= 0.3 is 5.69 Å². The first kappa shape index (κ1) is 8.99. The highest BCUT2D eigenvalue weighted by atomic mass is 16.2. The molecule has 0 fully saturated rings. The van der Waals surface area contributed by atoms with E-state index in [9.17, 15) is 4.79 Å². The maximum atomic E-state index is 11.9. The Hall–Kier alpha value is -1.58. The van der Waals surface area contributed by atoms with Gasteiger partial charge in [-0.1, -0.05) is 6.07 Å². The van der Waals surface area contributed by atoms with Crippen LogP contribution in [0.15, 0.2) is 23.0 Å². The van der Waals surface area contributed by atoms with Gasteiger partial charge in [-0.15, -0.1) is 5.10 Å². The van der Waals surface area contributed by atoms with Gasteiger partial charge in [0.15, 0.2) is 5.65 Å². The Bertz CT molecular complexity index is 522. The third kappa shape index (κ3) is 1.14. The fraction of sp³-hybridized carbons (Fsp3) is 0.400. The second-order valence-corrected chi connectivity index (χ2v) is 3.68. The van der Waals surface area contributed by atoms with Crippen molar-refractivity contribution in [2.24, 2.45) is 0 Å². The predicted molar refractivity (Wildman–Crippen MR) is 54.6 cm³/mol. The highest BCUT2D eigenvalue weighted by molar-refractivity contribution is 5.38. The molecule has 0 atom stereocenters. The molecule has 0 saturated carbocycles. The molecule has 0 spiro atoms. The lowest BCUT2D eigenvalue weighted by Gasteiger charge is -2.00. The van der Waals surface area contributed by atoms with Crippen molar-refractivity contribution in [3.63, 3.8) is 0 Å². The maximum Gasteiger partial charge on any atom is 0.350 e. The third-order valence-electron chi connectivity index (χ3n) is 2.25. The third-order valence-corrected chi connectivity index (χ3v) is 2.25. The topological polar surface area (TPSA) is 39.3 Å². The lowest BCUT2D eigenvalue weighted by molar-refractivity contribution is 0.514. The van der Waals surface area contributed by atoms with Crippen LogP contribution in [0.1, 0.15) is 25.6 Å². The van der Waals surface area contributed by atoms with Crippen molar-refractivity contribution in [2.75, 3.05) is 0 Å². The first-order chi connectivity index (χ1) is 6.61. The molecule has 0 aliphatic rings. The first-order valence-electron chi connectivity index (χ1n) is 4.68. The van der Waals surface area contributed by atoms with Gasteiger partial charge in [0.1, 0.15) is 0 Å². The van der Waals surface area contributed by atoms with Crippen molar-refractivity contribution in [3.8, 4) is 0 Å². The summed E-state index contributed by atoms with van der Waals surface area (Å²) in [7, 11) is 0. The molecule has 0 aliphatic heterocycles. The summed E-state index contributed by atoms with van der Waals surface area (Å²) in [4.78, 5) is 11.9. The smallest absolute Gasteiger partial charge is 0.248 e. The Morgan fingerprint density at radius 2 is 2.07 bits per heavy atom. The Kier molecular flexibility index (Phi) is 1.91. The van der Waals surface area contributed by atoms with E-state index in [0.29, 0.717) is 5.65 Å². The van der Waals surface area contributed by atoms with Crippen molar-refractivity contribution in [1.82, 2.24) is 14.2 Å². The van der Waals surface area contributed by atoms with E-state index in [2.05, 4.69) is 5.10 Å². The standard InChI is InChI=1S/C10H13N3O/c1-7(2)13-10(14)12-8(3)5-4-6-9(12)11-13/h4-7H,1-3H3. The fourth-order valence-electron chi connectivity index (χ4n) is 1.52. The molecule has 0 unspecified atom stereocenters. The van der Waals surface area contributed by atoms with E-state index >= 15 is 0 Å². The Morgan fingerprint density at radius 3 is 2.64 bits per heavy atom. The molecule has 0 N–H and O–H groups in total. The summed E-state index contributed by atoms with van der Waals surface area (Å²) in [5.74, 6) is 0. The number of pyridine rings is 1. The van der Waals surface area contributed by atoms with E-state index in [1.165, 1.54) is 4.68 Å². The van der Waals surface area contributed by atoms with E-state index in [1.807, 2.05) is 39.0 Å². The van der Waals surface area contributed by atoms with Gasteiger partial charge in [0.05, 0.1) is 6.04 Å². The van der Waals surface area contributed by atoms with Crippen molar-refractivity contribution in [1.29, 1.82) is 0 Å². The van der Waals surface area contributed by atoms with E-state index in [0.717, 1.165) is 5.69 Å². The average molecular weight is 191 g/mol. The molecule has 4 heteroatoms. The van der Waals surface area contributed by atoms with Crippen LogP contribution in [0.3, 0.4) is 0 Å². The van der Waals surface area contributed by atoms with E-state index in [4.69, 9.17) is 0 Å². The summed E-state index contributed by atoms with van der Waals surface area (Å²) >= 11 is 0. The van der Waals surface area contributed by atoms with Crippen LogP contribution in [0, 0.1) is 6.92 Å². The molecular formula is C10H13N3O. The van der Waals surface area contributed by atoms with Crippen LogP contribution in [-0.4, -0.2) is 14.2 Å². The molecule has 2 rings (SSSR count). The van der Waals surface area contributed by atoms with Crippen LogP contribution in [0.5, 0.6) is 0 Å². The molecule has 0 bridgehead atoms. The van der Waals surface area contributed by atoms with Crippen molar-refractivity contribution < 1.29 is 0 Å². The van der Waals surface area contributed by atoms with Gasteiger partial charge in [0.2, 0.25) is 0 Å². The lowest BCUT2D eigenvalue weighted by Crippen LogP contribution is -2.23. The number of fused-ring (bicyclic) bond motifs is 1. The van der Waals surface area contributed by atoms with Gasteiger partial charge < -0.3 is 0 Å². The van der Waals surface area contributed by atoms with Gasteiger partial charge in [-0.2, -0.15) is 0 Å². The van der Waals surface area contributed by atoms with Gasteiger partial charge in [-0.25, -0.2) is 13.9 Å². The number of nitrogens with zero attached hydrogens (tertiary/aromatic N) is 3. The first-order valence-corrected chi connectivity index (χ1v) is 4.68. The molecule has 14 heavy (non-hydrogen) atoms. The predicted octanol–water partition coefficient (Wildman–Crippen LogP) is 1.39. The van der Waals surface area contributed by atoms with Crippen LogP contribution in [-0.2, 0) is 0 Å². The van der Waals surface area contributed by atoms with Gasteiger partial charge in [0, 0.05) is 5.69 Å². The maximum absolute atomic E-state index is 11.9. The van der Waals surface area contributed by atoms with Crippen LogP contribution in [0.2, 0.25) is 0 Å². The molecular weight excluding hydrogens is 178 g/mol. The average Bonchev–Trinajstić information content (AvgIpc) is 2.45. The summed E-state index contributed by atoms with van der Waals surface area (Å²) in [6.07, 6.45) is 0. The summed E-state index contributed by atoms with van der Waals surface area (Å²) < 4.78 is 3.13. The highest BCUT2D eigenvalue weighted by Crippen LogP contribution is 2.04. The van der Waals surface area contributed by atoms with E-state index in [1.54, 1.807) is 4.40 Å². The number of aryl methyl sites for hydroxylation is 1. The summed E-state index contributed by atoms with van der Waals surface area (Å²) in [6.45, 7) is 5.80. The van der Waals surface area contributed by atoms with Crippen LogP contribution in [0.25, 0.3) is 5.65 Å². The number of hydrogen-bond donors (Lipinski definition) is 0. The van der Waals surface area contributed by atoms with Crippen LogP contribution >= 0.6 is 0 Å². The SMILES string of the molecule is Cc1cccc2nn(C(C)C)c(=O)n12. The van der Waals surface area contributed by atoms with Crippen molar-refractivity contribution in [3.05, 3.63) is 34.4 Å². The van der Waals surface area contributed by atoms with Gasteiger partial charge in [0.25, 0.3) is 0 Å². The Morgan fingerprint density at radius 1 is 1.36 bits per heavy atom. The molecule has 0 aliphatic carbocycles. The fourth-order valence-corrected chi connectivity index (χ4v) is 1.52. The molecule has 0 aromatic carbocycles. The van der Waals surface area contributed by atoms with Crippen molar-refractivity contribution >= 4 is 5.65 Å². The lowest BCUT2D eigenvalue weighted by atomic mass is 10.4. The number of hydrogen-bond acceptors (Lipinski definition) is 2. The minimum absolute atomic E-state index is 0.0619. The van der Waals surface area contributed by atoms with Crippen molar-refractivity contribution in [2.45, 2.75) is 26.8 Å². The largest absolute Gasteiger partial charge is 0.350 e. The molecule has 2 aromatic heterocycles. The summed E-state index contributed by atoms with van der Waals surface area (Å²) in [6, 6.07) is 5.75. The zero-order valence-corrected chi connectivity index (χ0v) is 8.56. The Labute approximate surface area is 81.8 Å². The summed E-state index contributed by atoms with van der Waals surface area (Å²) in [5.41, 5.74) is 1.57. The summed E-state index contributed by atoms with van der Waals surface area (Å²) in [5, 5.41) is 4.24. The number of rotatable bonds is 1. The molecule has 0 saturated heterocycles.